The van der Waals surface area contributed by atoms with Crippen LogP contribution in [0.2, 0.25) is 0 Å². The molecule has 0 aromatic carbocycles. The smallest absolute Gasteiger partial charge is 0.130 e. The number of hydrogen-bond donors (Lipinski definition) is 1. The van der Waals surface area contributed by atoms with Crippen molar-refractivity contribution >= 4 is 0 Å². The van der Waals surface area contributed by atoms with E-state index in [2.05, 4.69) is 36.1 Å². The molecular formula is C12H21N3O. The van der Waals surface area contributed by atoms with E-state index in [1.54, 1.807) is 7.11 Å². The second-order valence-electron chi connectivity index (χ2n) is 4.85. The van der Waals surface area contributed by atoms with E-state index in [4.69, 9.17) is 4.74 Å². The van der Waals surface area contributed by atoms with E-state index in [1.165, 1.54) is 0 Å². The quantitative estimate of drug-likeness (QED) is 0.823. The van der Waals surface area contributed by atoms with Gasteiger partial charge in [0.05, 0.1) is 6.61 Å². The standard InChI is InChI=1S/C12H21N3O/c1-12(2,3)15-9-10-7-13-11(14-8-10)5-6-16-4/h7-8,15H,5-6,9H2,1-4H3. The molecule has 0 radical (unpaired) electrons. The second kappa shape index (κ2) is 5.92. The minimum absolute atomic E-state index is 0.120. The normalized spacial score (nSPS) is 11.8. The summed E-state index contributed by atoms with van der Waals surface area (Å²) in [6.45, 7) is 7.89. The van der Waals surface area contributed by atoms with Gasteiger partial charge in [-0.25, -0.2) is 9.97 Å². The van der Waals surface area contributed by atoms with Crippen molar-refractivity contribution in [3.05, 3.63) is 23.8 Å². The van der Waals surface area contributed by atoms with Gasteiger partial charge in [-0.05, 0) is 20.8 Å². The second-order valence-corrected chi connectivity index (χ2v) is 4.85. The maximum absolute atomic E-state index is 4.98. The first-order valence-electron chi connectivity index (χ1n) is 5.55. The maximum atomic E-state index is 4.98. The average Bonchev–Trinajstić information content (AvgIpc) is 2.24. The van der Waals surface area contributed by atoms with Crippen molar-refractivity contribution in [1.29, 1.82) is 0 Å². The minimum Gasteiger partial charge on any atom is -0.384 e. The van der Waals surface area contributed by atoms with Crippen molar-refractivity contribution in [2.45, 2.75) is 39.3 Å². The van der Waals surface area contributed by atoms with Gasteiger partial charge in [0, 0.05) is 43.6 Å². The molecule has 0 aliphatic rings. The molecule has 1 aromatic rings. The fourth-order valence-electron chi connectivity index (χ4n) is 1.16. The fourth-order valence-corrected chi connectivity index (χ4v) is 1.16. The summed E-state index contributed by atoms with van der Waals surface area (Å²) >= 11 is 0. The summed E-state index contributed by atoms with van der Waals surface area (Å²) in [5, 5.41) is 3.40. The van der Waals surface area contributed by atoms with Crippen molar-refractivity contribution in [1.82, 2.24) is 15.3 Å². The van der Waals surface area contributed by atoms with E-state index in [9.17, 15) is 0 Å². The van der Waals surface area contributed by atoms with Crippen LogP contribution in [0.1, 0.15) is 32.2 Å². The molecule has 1 aromatic heterocycles. The van der Waals surface area contributed by atoms with E-state index in [0.29, 0.717) is 6.61 Å². The van der Waals surface area contributed by atoms with Crippen molar-refractivity contribution in [2.75, 3.05) is 13.7 Å². The Morgan fingerprint density at radius 3 is 2.38 bits per heavy atom. The van der Waals surface area contributed by atoms with Gasteiger partial charge in [-0.2, -0.15) is 0 Å². The molecule has 1 heterocycles. The highest BCUT2D eigenvalue weighted by molar-refractivity contribution is 5.05. The lowest BCUT2D eigenvalue weighted by Gasteiger charge is -2.20. The van der Waals surface area contributed by atoms with Gasteiger partial charge in [0.1, 0.15) is 5.82 Å². The maximum Gasteiger partial charge on any atom is 0.130 e. The number of rotatable bonds is 5. The van der Waals surface area contributed by atoms with Crippen LogP contribution in [-0.2, 0) is 17.7 Å². The van der Waals surface area contributed by atoms with E-state index in [0.717, 1.165) is 24.4 Å². The Morgan fingerprint density at radius 2 is 1.88 bits per heavy atom. The molecule has 0 amide bonds. The molecule has 0 fully saturated rings. The van der Waals surface area contributed by atoms with E-state index in [-0.39, 0.29) is 5.54 Å². The Labute approximate surface area is 97.5 Å². The van der Waals surface area contributed by atoms with Crippen LogP contribution in [0, 0.1) is 0 Å². The van der Waals surface area contributed by atoms with Gasteiger partial charge in [0.25, 0.3) is 0 Å². The number of aromatic nitrogens is 2. The fraction of sp³-hybridized carbons (Fsp3) is 0.667. The van der Waals surface area contributed by atoms with Gasteiger partial charge in [-0.3, -0.25) is 0 Å². The van der Waals surface area contributed by atoms with Crippen molar-refractivity contribution < 1.29 is 4.74 Å². The number of nitrogens with one attached hydrogen (secondary N) is 1. The summed E-state index contributed by atoms with van der Waals surface area (Å²) in [4.78, 5) is 8.57. The predicted octanol–water partition coefficient (Wildman–Crippen LogP) is 1.55. The highest BCUT2D eigenvalue weighted by Gasteiger charge is 2.08. The molecule has 0 unspecified atom stereocenters. The van der Waals surface area contributed by atoms with Crippen LogP contribution in [-0.4, -0.2) is 29.2 Å². The van der Waals surface area contributed by atoms with Gasteiger partial charge < -0.3 is 10.1 Å². The summed E-state index contributed by atoms with van der Waals surface area (Å²) in [5.41, 5.74) is 1.23. The van der Waals surface area contributed by atoms with Crippen LogP contribution >= 0.6 is 0 Å². The molecule has 0 aliphatic carbocycles. The molecule has 0 aliphatic heterocycles. The molecule has 0 bridgehead atoms. The van der Waals surface area contributed by atoms with E-state index in [1.807, 2.05) is 12.4 Å². The Morgan fingerprint density at radius 1 is 1.25 bits per heavy atom. The van der Waals surface area contributed by atoms with Crippen molar-refractivity contribution in [3.63, 3.8) is 0 Å². The number of ether oxygens (including phenoxy) is 1. The number of methoxy groups -OCH3 is 1. The van der Waals surface area contributed by atoms with E-state index < -0.39 is 0 Å². The first-order chi connectivity index (χ1) is 7.51. The summed E-state index contributed by atoms with van der Waals surface area (Å²) in [7, 11) is 1.68. The molecular weight excluding hydrogens is 202 g/mol. The van der Waals surface area contributed by atoms with Crippen molar-refractivity contribution in [2.24, 2.45) is 0 Å². The lowest BCUT2D eigenvalue weighted by atomic mass is 10.1. The van der Waals surface area contributed by atoms with Crippen LogP contribution < -0.4 is 5.32 Å². The van der Waals surface area contributed by atoms with Gasteiger partial charge in [-0.1, -0.05) is 0 Å². The molecule has 90 valence electrons. The van der Waals surface area contributed by atoms with Gasteiger partial charge in [0.2, 0.25) is 0 Å². The third kappa shape index (κ3) is 5.19. The molecule has 0 saturated carbocycles. The van der Waals surface area contributed by atoms with Crippen molar-refractivity contribution in [3.8, 4) is 0 Å². The molecule has 1 N–H and O–H groups in total. The lowest BCUT2D eigenvalue weighted by molar-refractivity contribution is 0.200. The molecule has 4 nitrogen and oxygen atoms in total. The van der Waals surface area contributed by atoms with Crippen LogP contribution in [0.4, 0.5) is 0 Å². The zero-order chi connectivity index (χ0) is 12.0. The lowest BCUT2D eigenvalue weighted by Crippen LogP contribution is -2.35. The minimum atomic E-state index is 0.120. The number of nitrogens with zero attached hydrogens (tertiary/aromatic N) is 2. The summed E-state index contributed by atoms with van der Waals surface area (Å²) in [5.74, 6) is 0.835. The highest BCUT2D eigenvalue weighted by Crippen LogP contribution is 2.03. The van der Waals surface area contributed by atoms with Crippen LogP contribution in [0.25, 0.3) is 0 Å². The van der Waals surface area contributed by atoms with E-state index >= 15 is 0 Å². The molecule has 0 saturated heterocycles. The topological polar surface area (TPSA) is 47.0 Å². The Kier molecular flexibility index (Phi) is 4.83. The highest BCUT2D eigenvalue weighted by atomic mass is 16.5. The molecule has 16 heavy (non-hydrogen) atoms. The van der Waals surface area contributed by atoms with Crippen LogP contribution in [0.3, 0.4) is 0 Å². The summed E-state index contributed by atoms with van der Waals surface area (Å²) < 4.78 is 4.98. The Hall–Kier alpha value is -1.00. The third-order valence-electron chi connectivity index (χ3n) is 2.11. The summed E-state index contributed by atoms with van der Waals surface area (Å²) in [6, 6.07) is 0. The SMILES string of the molecule is COCCc1ncc(CNC(C)(C)C)cn1. The molecule has 4 heteroatoms. The first kappa shape index (κ1) is 13.1. The van der Waals surface area contributed by atoms with Gasteiger partial charge >= 0.3 is 0 Å². The Balaban J connectivity index is 2.45. The molecule has 1 rings (SSSR count). The van der Waals surface area contributed by atoms with Crippen LogP contribution in [0.5, 0.6) is 0 Å². The summed E-state index contributed by atoms with van der Waals surface area (Å²) in [6.07, 6.45) is 4.51. The average molecular weight is 223 g/mol. The largest absolute Gasteiger partial charge is 0.384 e. The first-order valence-corrected chi connectivity index (χ1v) is 5.55. The monoisotopic (exact) mass is 223 g/mol. The molecule has 0 atom stereocenters. The van der Waals surface area contributed by atoms with Crippen LogP contribution in [0.15, 0.2) is 12.4 Å². The number of hydrogen-bond acceptors (Lipinski definition) is 4. The third-order valence-corrected chi connectivity index (χ3v) is 2.11. The zero-order valence-corrected chi connectivity index (χ0v) is 10.6. The molecule has 0 spiro atoms. The predicted molar refractivity (Wildman–Crippen MR) is 64.2 cm³/mol. The zero-order valence-electron chi connectivity index (χ0n) is 10.6. The van der Waals surface area contributed by atoms with Gasteiger partial charge in [-0.15, -0.1) is 0 Å². The van der Waals surface area contributed by atoms with Gasteiger partial charge in [0.15, 0.2) is 0 Å². The Bertz CT molecular complexity index is 303.